The van der Waals surface area contributed by atoms with E-state index < -0.39 is 0 Å². The maximum Gasteiger partial charge on any atom is 0.165 e. The molecule has 1 atom stereocenters. The summed E-state index contributed by atoms with van der Waals surface area (Å²) in [4.78, 5) is 2.53. The number of hydrogen-bond donors (Lipinski definition) is 0. The Labute approximate surface area is 108 Å². The zero-order valence-corrected chi connectivity index (χ0v) is 10.9. The third-order valence-electron chi connectivity index (χ3n) is 4.18. The standard InChI is InChI=1S/C15H20FNO/c1-18-15-7-4-11(9-13(15)16)10-17-8-2-3-14(17)12-5-6-12/h4,7,9,12,14H,2-3,5-6,8,10H2,1H3. The summed E-state index contributed by atoms with van der Waals surface area (Å²) >= 11 is 0. The van der Waals surface area contributed by atoms with Crippen LogP contribution < -0.4 is 4.74 Å². The van der Waals surface area contributed by atoms with Crippen LogP contribution in [0.25, 0.3) is 0 Å². The molecular formula is C15H20FNO. The Morgan fingerprint density at radius 3 is 2.83 bits per heavy atom. The van der Waals surface area contributed by atoms with E-state index in [0.29, 0.717) is 5.75 Å². The molecule has 0 amide bonds. The quantitative estimate of drug-likeness (QED) is 0.812. The van der Waals surface area contributed by atoms with Gasteiger partial charge in [0.25, 0.3) is 0 Å². The van der Waals surface area contributed by atoms with E-state index in [9.17, 15) is 4.39 Å². The fourth-order valence-corrected chi connectivity index (χ4v) is 3.11. The zero-order chi connectivity index (χ0) is 12.5. The van der Waals surface area contributed by atoms with Crippen LogP contribution in [0.5, 0.6) is 5.75 Å². The normalized spacial score (nSPS) is 24.4. The van der Waals surface area contributed by atoms with Gasteiger partial charge < -0.3 is 4.74 Å². The Morgan fingerprint density at radius 2 is 2.17 bits per heavy atom. The van der Waals surface area contributed by atoms with Crippen molar-refractivity contribution in [3.63, 3.8) is 0 Å². The Bertz CT molecular complexity index is 431. The zero-order valence-electron chi connectivity index (χ0n) is 10.9. The highest BCUT2D eigenvalue weighted by atomic mass is 19.1. The minimum Gasteiger partial charge on any atom is -0.494 e. The van der Waals surface area contributed by atoms with Crippen LogP contribution in [0.3, 0.4) is 0 Å². The number of nitrogens with zero attached hydrogens (tertiary/aromatic N) is 1. The molecule has 3 heteroatoms. The average Bonchev–Trinajstić information content (AvgIpc) is 3.11. The van der Waals surface area contributed by atoms with Crippen LogP contribution in [0.1, 0.15) is 31.2 Å². The predicted molar refractivity (Wildman–Crippen MR) is 69.1 cm³/mol. The number of halogens is 1. The van der Waals surface area contributed by atoms with E-state index in [-0.39, 0.29) is 5.82 Å². The molecular weight excluding hydrogens is 229 g/mol. The van der Waals surface area contributed by atoms with Gasteiger partial charge in [0.1, 0.15) is 0 Å². The van der Waals surface area contributed by atoms with E-state index in [1.807, 2.05) is 6.07 Å². The van der Waals surface area contributed by atoms with Gasteiger partial charge in [0.15, 0.2) is 11.6 Å². The molecule has 0 aromatic heterocycles. The lowest BCUT2D eigenvalue weighted by Gasteiger charge is -2.24. The third-order valence-corrected chi connectivity index (χ3v) is 4.18. The maximum atomic E-state index is 13.6. The molecule has 1 aliphatic carbocycles. The van der Waals surface area contributed by atoms with Crippen molar-refractivity contribution in [2.75, 3.05) is 13.7 Å². The lowest BCUT2D eigenvalue weighted by molar-refractivity contribution is 0.223. The third kappa shape index (κ3) is 2.37. The predicted octanol–water partition coefficient (Wildman–Crippen LogP) is 3.21. The molecule has 98 valence electrons. The van der Waals surface area contributed by atoms with Crippen molar-refractivity contribution in [2.45, 2.75) is 38.3 Å². The van der Waals surface area contributed by atoms with Crippen molar-refractivity contribution in [2.24, 2.45) is 5.92 Å². The minimum absolute atomic E-state index is 0.253. The molecule has 1 unspecified atom stereocenters. The van der Waals surface area contributed by atoms with Crippen molar-refractivity contribution in [3.05, 3.63) is 29.6 Å². The second-order valence-corrected chi connectivity index (χ2v) is 5.49. The molecule has 0 bridgehead atoms. The highest BCUT2D eigenvalue weighted by Crippen LogP contribution is 2.40. The number of hydrogen-bond acceptors (Lipinski definition) is 2. The first kappa shape index (κ1) is 12.0. The Kier molecular flexibility index (Phi) is 3.25. The number of benzene rings is 1. The summed E-state index contributed by atoms with van der Waals surface area (Å²) in [6.45, 7) is 2.04. The van der Waals surface area contributed by atoms with Gasteiger partial charge in [-0.3, -0.25) is 4.90 Å². The summed E-state index contributed by atoms with van der Waals surface area (Å²) in [5, 5.41) is 0. The van der Waals surface area contributed by atoms with Crippen LogP contribution >= 0.6 is 0 Å². The van der Waals surface area contributed by atoms with Crippen LogP contribution in [-0.4, -0.2) is 24.6 Å². The lowest BCUT2D eigenvalue weighted by atomic mass is 10.1. The SMILES string of the molecule is COc1ccc(CN2CCCC2C2CC2)cc1F. The van der Waals surface area contributed by atoms with Crippen LogP contribution in [0, 0.1) is 11.7 Å². The Balaban J connectivity index is 1.69. The van der Waals surface area contributed by atoms with Crippen LogP contribution in [0.4, 0.5) is 4.39 Å². The minimum atomic E-state index is -0.253. The van der Waals surface area contributed by atoms with E-state index in [0.717, 1.165) is 30.6 Å². The van der Waals surface area contributed by atoms with Crippen LogP contribution in [0.15, 0.2) is 18.2 Å². The van der Waals surface area contributed by atoms with Crippen LogP contribution in [0.2, 0.25) is 0 Å². The van der Waals surface area contributed by atoms with Gasteiger partial charge in [0.05, 0.1) is 7.11 Å². The molecule has 1 heterocycles. The monoisotopic (exact) mass is 249 g/mol. The lowest BCUT2D eigenvalue weighted by Crippen LogP contribution is -2.30. The highest BCUT2D eigenvalue weighted by molar-refractivity contribution is 5.29. The summed E-state index contributed by atoms with van der Waals surface area (Å²) in [6.07, 6.45) is 5.39. The van der Waals surface area contributed by atoms with E-state index in [2.05, 4.69) is 4.90 Å². The van der Waals surface area contributed by atoms with Gasteiger partial charge in [-0.25, -0.2) is 4.39 Å². The van der Waals surface area contributed by atoms with E-state index in [1.54, 1.807) is 12.1 Å². The van der Waals surface area contributed by atoms with Gasteiger partial charge >= 0.3 is 0 Å². The molecule has 0 radical (unpaired) electrons. The molecule has 0 spiro atoms. The molecule has 2 nitrogen and oxygen atoms in total. The molecule has 1 aromatic rings. The van der Waals surface area contributed by atoms with Crippen LogP contribution in [-0.2, 0) is 6.54 Å². The molecule has 1 aromatic carbocycles. The van der Waals surface area contributed by atoms with Crippen molar-refractivity contribution < 1.29 is 9.13 Å². The van der Waals surface area contributed by atoms with Crippen molar-refractivity contribution in [3.8, 4) is 5.75 Å². The maximum absolute atomic E-state index is 13.6. The summed E-state index contributed by atoms with van der Waals surface area (Å²) < 4.78 is 18.6. The highest BCUT2D eigenvalue weighted by Gasteiger charge is 2.37. The summed E-state index contributed by atoms with van der Waals surface area (Å²) in [7, 11) is 1.50. The van der Waals surface area contributed by atoms with Gasteiger partial charge in [-0.1, -0.05) is 6.07 Å². The number of rotatable bonds is 4. The fraction of sp³-hybridized carbons (Fsp3) is 0.600. The molecule has 1 saturated carbocycles. The summed E-state index contributed by atoms with van der Waals surface area (Å²) in [5.41, 5.74) is 1.06. The smallest absolute Gasteiger partial charge is 0.165 e. The van der Waals surface area contributed by atoms with Crippen molar-refractivity contribution in [1.82, 2.24) is 4.90 Å². The van der Waals surface area contributed by atoms with E-state index in [4.69, 9.17) is 4.74 Å². The van der Waals surface area contributed by atoms with Crippen molar-refractivity contribution >= 4 is 0 Å². The Morgan fingerprint density at radius 1 is 1.33 bits per heavy atom. The molecule has 3 rings (SSSR count). The van der Waals surface area contributed by atoms with Gasteiger partial charge in [-0.2, -0.15) is 0 Å². The topological polar surface area (TPSA) is 12.5 Å². The van der Waals surface area contributed by atoms with E-state index in [1.165, 1.54) is 32.8 Å². The Hall–Kier alpha value is -1.09. The molecule has 1 aliphatic heterocycles. The molecule has 2 aliphatic rings. The second-order valence-electron chi connectivity index (χ2n) is 5.49. The average molecular weight is 249 g/mol. The second kappa shape index (κ2) is 4.88. The van der Waals surface area contributed by atoms with E-state index >= 15 is 0 Å². The molecule has 0 N–H and O–H groups in total. The van der Waals surface area contributed by atoms with Gasteiger partial charge in [0, 0.05) is 12.6 Å². The number of ether oxygens (including phenoxy) is 1. The largest absolute Gasteiger partial charge is 0.494 e. The molecule has 1 saturated heterocycles. The molecule has 18 heavy (non-hydrogen) atoms. The first-order valence-corrected chi connectivity index (χ1v) is 6.84. The first-order chi connectivity index (χ1) is 8.78. The first-order valence-electron chi connectivity index (χ1n) is 6.84. The summed E-state index contributed by atoms with van der Waals surface area (Å²) in [5.74, 6) is 0.992. The fourth-order valence-electron chi connectivity index (χ4n) is 3.11. The van der Waals surface area contributed by atoms with Gasteiger partial charge in [-0.05, 0) is 55.8 Å². The van der Waals surface area contributed by atoms with Crippen molar-refractivity contribution in [1.29, 1.82) is 0 Å². The molecule has 2 fully saturated rings. The number of likely N-dealkylation sites (tertiary alicyclic amines) is 1. The van der Waals surface area contributed by atoms with Gasteiger partial charge in [0.2, 0.25) is 0 Å². The number of methoxy groups -OCH3 is 1. The summed E-state index contributed by atoms with van der Waals surface area (Å²) in [6, 6.07) is 6.06. The van der Waals surface area contributed by atoms with Gasteiger partial charge in [-0.15, -0.1) is 0 Å².